The van der Waals surface area contributed by atoms with Crippen LogP contribution in [0.3, 0.4) is 0 Å². The largest absolute Gasteiger partial charge is 0.0848 e. The maximum absolute atomic E-state index is 2.33. The molecule has 0 nitrogen and oxygen atoms in total. The molecule has 3 rings (SSSR count). The lowest BCUT2D eigenvalue weighted by molar-refractivity contribution is 0.472. The Kier molecular flexibility index (Phi) is 0.927. The molecule has 3 aliphatic rings. The van der Waals surface area contributed by atoms with E-state index in [9.17, 15) is 0 Å². The molecule has 1 saturated carbocycles. The Morgan fingerprint density at radius 1 is 0.875 bits per heavy atom. The van der Waals surface area contributed by atoms with Crippen LogP contribution in [0.5, 0.6) is 0 Å². The number of allylic oxidation sites excluding steroid dienone is 2. The molecule has 0 amide bonds. The van der Waals surface area contributed by atoms with E-state index >= 15 is 0 Å². The zero-order valence-corrected chi connectivity index (χ0v) is 4.88. The summed E-state index contributed by atoms with van der Waals surface area (Å²) in [6.07, 6.45) is 12.1. The Labute approximate surface area is 50.6 Å². The van der Waals surface area contributed by atoms with E-state index in [1.54, 1.807) is 0 Å². The van der Waals surface area contributed by atoms with E-state index in [1.165, 1.54) is 12.8 Å². The Hall–Kier alpha value is -0.260. The van der Waals surface area contributed by atoms with Crippen LogP contribution in [0.2, 0.25) is 0 Å². The van der Waals surface area contributed by atoms with Gasteiger partial charge in [-0.15, -0.1) is 0 Å². The normalized spacial score (nSPS) is 43.0. The molecule has 42 valence electrons. The second kappa shape index (κ2) is 1.61. The second-order valence-corrected chi connectivity index (χ2v) is 2.67. The van der Waals surface area contributed by atoms with Crippen LogP contribution in [0.4, 0.5) is 0 Å². The Balaban J connectivity index is 2.20. The summed E-state index contributed by atoms with van der Waals surface area (Å²) in [5.41, 5.74) is 0. The molecule has 0 aromatic carbocycles. The molecule has 2 atom stereocenters. The molecule has 0 heteroatoms. The molecule has 2 radical (unpaired) electrons. The van der Waals surface area contributed by atoms with Crippen LogP contribution in [0.25, 0.3) is 0 Å². The van der Waals surface area contributed by atoms with Crippen molar-refractivity contribution in [3.05, 3.63) is 25.0 Å². The highest BCUT2D eigenvalue weighted by molar-refractivity contribution is 5.17. The quantitative estimate of drug-likeness (QED) is 0.414. The molecule has 0 heterocycles. The molecule has 2 unspecified atom stereocenters. The minimum absolute atomic E-state index is 0.792. The van der Waals surface area contributed by atoms with Gasteiger partial charge in [-0.05, 0) is 37.5 Å². The highest BCUT2D eigenvalue weighted by atomic mass is 14.3. The summed E-state index contributed by atoms with van der Waals surface area (Å²) >= 11 is 0. The standard InChI is InChI=1S/C8H10/c1-2-8-5-3-7(1)4-6-8/h1-3,5,7-8H,4,6H2. The predicted molar refractivity (Wildman–Crippen MR) is 34.0 cm³/mol. The summed E-state index contributed by atoms with van der Waals surface area (Å²) in [4.78, 5) is 0. The maximum atomic E-state index is 2.33. The molecule has 0 aliphatic heterocycles. The summed E-state index contributed by atoms with van der Waals surface area (Å²) in [7, 11) is 0. The van der Waals surface area contributed by atoms with Crippen LogP contribution >= 0.6 is 0 Å². The molecule has 3 aliphatic carbocycles. The van der Waals surface area contributed by atoms with Crippen molar-refractivity contribution in [2.75, 3.05) is 0 Å². The van der Waals surface area contributed by atoms with Crippen LogP contribution in [0.15, 0.2) is 12.2 Å². The van der Waals surface area contributed by atoms with Gasteiger partial charge in [0.2, 0.25) is 0 Å². The minimum Gasteiger partial charge on any atom is -0.0848 e. The van der Waals surface area contributed by atoms with Gasteiger partial charge in [-0.1, -0.05) is 12.2 Å². The van der Waals surface area contributed by atoms with E-state index < -0.39 is 0 Å². The number of fused-ring (bicyclic) bond motifs is 2. The lowest BCUT2D eigenvalue weighted by atomic mass is 9.76. The van der Waals surface area contributed by atoms with Gasteiger partial charge in [-0.3, -0.25) is 0 Å². The van der Waals surface area contributed by atoms with Crippen LogP contribution in [-0.4, -0.2) is 0 Å². The van der Waals surface area contributed by atoms with Gasteiger partial charge in [0.25, 0.3) is 0 Å². The van der Waals surface area contributed by atoms with E-state index in [4.69, 9.17) is 0 Å². The molecule has 0 N–H and O–H groups in total. The van der Waals surface area contributed by atoms with Gasteiger partial charge in [-0.25, -0.2) is 0 Å². The number of hydrogen-bond donors (Lipinski definition) is 0. The molecule has 8 heavy (non-hydrogen) atoms. The van der Waals surface area contributed by atoms with Crippen molar-refractivity contribution in [3.8, 4) is 0 Å². The smallest absolute Gasteiger partial charge is 0.0199 e. The van der Waals surface area contributed by atoms with Crippen LogP contribution in [0, 0.1) is 24.7 Å². The van der Waals surface area contributed by atoms with Crippen molar-refractivity contribution in [2.45, 2.75) is 12.8 Å². The van der Waals surface area contributed by atoms with E-state index in [0.29, 0.717) is 0 Å². The van der Waals surface area contributed by atoms with Crippen molar-refractivity contribution in [2.24, 2.45) is 11.8 Å². The molecule has 0 saturated heterocycles. The zero-order chi connectivity index (χ0) is 5.40. The molecule has 0 aromatic heterocycles. The van der Waals surface area contributed by atoms with E-state index in [2.05, 4.69) is 25.0 Å². The highest BCUT2D eigenvalue weighted by Gasteiger charge is 2.22. The lowest BCUT2D eigenvalue weighted by Crippen LogP contribution is -2.17. The van der Waals surface area contributed by atoms with Gasteiger partial charge in [0.15, 0.2) is 0 Å². The molecular weight excluding hydrogens is 96.1 g/mol. The fourth-order valence-electron chi connectivity index (χ4n) is 1.47. The first-order chi connectivity index (χ1) is 3.95. The van der Waals surface area contributed by atoms with Gasteiger partial charge in [0.05, 0.1) is 0 Å². The third kappa shape index (κ3) is 0.594. The van der Waals surface area contributed by atoms with Crippen LogP contribution < -0.4 is 0 Å². The van der Waals surface area contributed by atoms with Gasteiger partial charge >= 0.3 is 0 Å². The molecule has 1 fully saturated rings. The van der Waals surface area contributed by atoms with E-state index in [0.717, 1.165) is 11.8 Å². The number of hydrogen-bond acceptors (Lipinski definition) is 0. The van der Waals surface area contributed by atoms with Gasteiger partial charge in [0.1, 0.15) is 0 Å². The third-order valence-corrected chi connectivity index (χ3v) is 2.04. The average Bonchev–Trinajstić information content (AvgIpc) is 1.92. The summed E-state index contributed by atoms with van der Waals surface area (Å²) < 4.78 is 0. The Bertz CT molecular complexity index is 91.2. The van der Waals surface area contributed by atoms with Crippen molar-refractivity contribution < 1.29 is 0 Å². The first-order valence-electron chi connectivity index (χ1n) is 3.32. The highest BCUT2D eigenvalue weighted by Crippen LogP contribution is 2.33. The van der Waals surface area contributed by atoms with Crippen molar-refractivity contribution in [1.29, 1.82) is 0 Å². The summed E-state index contributed by atoms with van der Waals surface area (Å²) in [5, 5.41) is 0. The fourth-order valence-corrected chi connectivity index (χ4v) is 1.47. The van der Waals surface area contributed by atoms with Crippen molar-refractivity contribution in [1.82, 2.24) is 0 Å². The van der Waals surface area contributed by atoms with Crippen LogP contribution in [0.1, 0.15) is 12.8 Å². The van der Waals surface area contributed by atoms with Crippen LogP contribution in [-0.2, 0) is 0 Å². The zero-order valence-electron chi connectivity index (χ0n) is 4.88. The van der Waals surface area contributed by atoms with E-state index in [1.807, 2.05) is 0 Å². The van der Waals surface area contributed by atoms with Crippen molar-refractivity contribution in [3.63, 3.8) is 0 Å². The maximum Gasteiger partial charge on any atom is -0.0199 e. The van der Waals surface area contributed by atoms with Gasteiger partial charge < -0.3 is 0 Å². The summed E-state index contributed by atoms with van der Waals surface area (Å²) in [5.74, 6) is 1.58. The third-order valence-electron chi connectivity index (χ3n) is 2.04. The molecule has 0 aromatic rings. The van der Waals surface area contributed by atoms with Gasteiger partial charge in [0, 0.05) is 0 Å². The Morgan fingerprint density at radius 3 is 1.50 bits per heavy atom. The summed E-state index contributed by atoms with van der Waals surface area (Å²) in [6.45, 7) is 0. The predicted octanol–water partition coefficient (Wildman–Crippen LogP) is 1.99. The topological polar surface area (TPSA) is 0 Å². The number of rotatable bonds is 0. The molecule has 2 bridgehead atoms. The van der Waals surface area contributed by atoms with Crippen molar-refractivity contribution >= 4 is 0 Å². The van der Waals surface area contributed by atoms with Gasteiger partial charge in [-0.2, -0.15) is 0 Å². The molecule has 0 spiro atoms. The SMILES string of the molecule is [CH]1[CH]C2C=CC1CC2. The minimum atomic E-state index is 0.792. The monoisotopic (exact) mass is 106 g/mol. The van der Waals surface area contributed by atoms with E-state index in [-0.39, 0.29) is 0 Å². The first-order valence-corrected chi connectivity index (χ1v) is 3.32. The Morgan fingerprint density at radius 2 is 1.38 bits per heavy atom. The average molecular weight is 106 g/mol. The second-order valence-electron chi connectivity index (χ2n) is 2.67. The summed E-state index contributed by atoms with van der Waals surface area (Å²) in [6, 6.07) is 0. The fraction of sp³-hybridized carbons (Fsp3) is 0.500. The molecular formula is C8H10. The lowest BCUT2D eigenvalue weighted by Gasteiger charge is -2.29. The first kappa shape index (κ1) is 4.60.